The van der Waals surface area contributed by atoms with E-state index in [1.54, 1.807) is 0 Å². The molecule has 1 N–H and O–H groups in total. The summed E-state index contributed by atoms with van der Waals surface area (Å²) in [4.78, 5) is 0. The molecule has 1 atom stereocenters. The zero-order valence-corrected chi connectivity index (χ0v) is 7.23. The standard InChI is InChI=1S/C9H17NO/c1-11-8-2-3-9(8)4-6-10-7-5-9/h8,10H,2-7H2,1H3/t8-/m0/s1. The van der Waals surface area contributed by atoms with Gasteiger partial charge in [0.15, 0.2) is 0 Å². The molecule has 0 amide bonds. The molecule has 0 aromatic rings. The molecule has 0 unspecified atom stereocenters. The Labute approximate surface area is 68.3 Å². The Hall–Kier alpha value is -0.0800. The predicted octanol–water partition coefficient (Wildman–Crippen LogP) is 1.17. The lowest BCUT2D eigenvalue weighted by molar-refractivity contribution is -0.106. The van der Waals surface area contributed by atoms with Crippen LogP contribution in [0, 0.1) is 5.41 Å². The summed E-state index contributed by atoms with van der Waals surface area (Å²) in [5.41, 5.74) is 0.583. The number of rotatable bonds is 1. The maximum atomic E-state index is 5.45. The molecule has 2 rings (SSSR count). The van der Waals surface area contributed by atoms with E-state index in [4.69, 9.17) is 4.74 Å². The molecule has 0 bridgehead atoms. The van der Waals surface area contributed by atoms with Gasteiger partial charge in [-0.3, -0.25) is 0 Å². The van der Waals surface area contributed by atoms with Crippen LogP contribution in [0.15, 0.2) is 0 Å². The average Bonchev–Trinajstić information content (AvgIpc) is 2.05. The van der Waals surface area contributed by atoms with E-state index in [-0.39, 0.29) is 0 Å². The van der Waals surface area contributed by atoms with Gasteiger partial charge in [-0.05, 0) is 44.2 Å². The van der Waals surface area contributed by atoms with Gasteiger partial charge in [0.05, 0.1) is 6.10 Å². The largest absolute Gasteiger partial charge is 0.381 e. The fraction of sp³-hybridized carbons (Fsp3) is 1.00. The summed E-state index contributed by atoms with van der Waals surface area (Å²) < 4.78 is 5.45. The van der Waals surface area contributed by atoms with Crippen molar-refractivity contribution in [3.05, 3.63) is 0 Å². The Morgan fingerprint density at radius 2 is 2.00 bits per heavy atom. The van der Waals surface area contributed by atoms with Crippen LogP contribution in [-0.4, -0.2) is 26.3 Å². The van der Waals surface area contributed by atoms with Crippen LogP contribution < -0.4 is 5.32 Å². The molecular formula is C9H17NO. The molecule has 1 aliphatic carbocycles. The van der Waals surface area contributed by atoms with Gasteiger partial charge in [-0.1, -0.05) is 0 Å². The third-order valence-electron chi connectivity index (χ3n) is 3.47. The monoisotopic (exact) mass is 155 g/mol. The zero-order chi connectivity index (χ0) is 7.73. The first-order chi connectivity index (χ1) is 5.37. The number of hydrogen-bond acceptors (Lipinski definition) is 2. The third-order valence-corrected chi connectivity index (χ3v) is 3.47. The zero-order valence-electron chi connectivity index (χ0n) is 7.23. The number of ether oxygens (including phenoxy) is 1. The number of methoxy groups -OCH3 is 1. The quantitative estimate of drug-likeness (QED) is 0.613. The van der Waals surface area contributed by atoms with Crippen molar-refractivity contribution < 1.29 is 4.74 Å². The van der Waals surface area contributed by atoms with Crippen molar-refractivity contribution in [2.45, 2.75) is 31.8 Å². The maximum absolute atomic E-state index is 5.45. The van der Waals surface area contributed by atoms with E-state index < -0.39 is 0 Å². The van der Waals surface area contributed by atoms with Gasteiger partial charge < -0.3 is 10.1 Å². The summed E-state index contributed by atoms with van der Waals surface area (Å²) in [7, 11) is 1.85. The molecule has 2 aliphatic rings. The van der Waals surface area contributed by atoms with E-state index in [2.05, 4.69) is 5.32 Å². The highest BCUT2D eigenvalue weighted by Crippen LogP contribution is 2.49. The van der Waals surface area contributed by atoms with E-state index >= 15 is 0 Å². The highest BCUT2D eigenvalue weighted by Gasteiger charge is 2.47. The van der Waals surface area contributed by atoms with Gasteiger partial charge in [0, 0.05) is 7.11 Å². The molecule has 1 spiro atoms. The molecule has 2 nitrogen and oxygen atoms in total. The molecule has 0 aromatic heterocycles. The van der Waals surface area contributed by atoms with Crippen molar-refractivity contribution in [2.75, 3.05) is 20.2 Å². The molecular weight excluding hydrogens is 138 g/mol. The maximum Gasteiger partial charge on any atom is 0.0628 e. The normalized spacial score (nSPS) is 35.2. The van der Waals surface area contributed by atoms with Crippen molar-refractivity contribution in [2.24, 2.45) is 5.41 Å². The van der Waals surface area contributed by atoms with E-state index in [0.717, 1.165) is 0 Å². The summed E-state index contributed by atoms with van der Waals surface area (Å²) in [6.45, 7) is 2.39. The van der Waals surface area contributed by atoms with Gasteiger partial charge in [0.2, 0.25) is 0 Å². The second-order valence-corrected chi connectivity index (χ2v) is 3.88. The van der Waals surface area contributed by atoms with E-state index in [9.17, 15) is 0 Å². The topological polar surface area (TPSA) is 21.3 Å². The second-order valence-electron chi connectivity index (χ2n) is 3.88. The minimum atomic E-state index is 0.574. The van der Waals surface area contributed by atoms with Crippen molar-refractivity contribution in [1.29, 1.82) is 0 Å². The first-order valence-corrected chi connectivity index (χ1v) is 4.61. The Kier molecular flexibility index (Phi) is 1.90. The smallest absolute Gasteiger partial charge is 0.0628 e. The summed E-state index contributed by atoms with van der Waals surface area (Å²) in [6, 6.07) is 0. The van der Waals surface area contributed by atoms with Gasteiger partial charge >= 0.3 is 0 Å². The first kappa shape index (κ1) is 7.56. The van der Waals surface area contributed by atoms with Crippen LogP contribution >= 0.6 is 0 Å². The first-order valence-electron chi connectivity index (χ1n) is 4.61. The highest BCUT2D eigenvalue weighted by atomic mass is 16.5. The average molecular weight is 155 g/mol. The van der Waals surface area contributed by atoms with Crippen molar-refractivity contribution in [1.82, 2.24) is 5.32 Å². The Morgan fingerprint density at radius 1 is 1.27 bits per heavy atom. The van der Waals surface area contributed by atoms with Crippen molar-refractivity contribution in [3.63, 3.8) is 0 Å². The van der Waals surface area contributed by atoms with Crippen LogP contribution in [0.1, 0.15) is 25.7 Å². The fourth-order valence-electron chi connectivity index (χ4n) is 2.53. The lowest BCUT2D eigenvalue weighted by atomic mass is 9.61. The molecule has 1 saturated carbocycles. The molecule has 0 radical (unpaired) electrons. The van der Waals surface area contributed by atoms with E-state index in [1.165, 1.54) is 38.8 Å². The molecule has 2 fully saturated rings. The van der Waals surface area contributed by atoms with Crippen LogP contribution in [0.5, 0.6) is 0 Å². The molecule has 1 heterocycles. The minimum Gasteiger partial charge on any atom is -0.381 e. The summed E-state index contributed by atoms with van der Waals surface area (Å²) in [6.07, 6.45) is 5.91. The number of nitrogens with one attached hydrogen (secondary N) is 1. The van der Waals surface area contributed by atoms with Crippen LogP contribution in [-0.2, 0) is 4.74 Å². The van der Waals surface area contributed by atoms with Gasteiger partial charge in [-0.25, -0.2) is 0 Å². The summed E-state index contributed by atoms with van der Waals surface area (Å²) in [5, 5.41) is 3.40. The minimum absolute atomic E-state index is 0.574. The van der Waals surface area contributed by atoms with Crippen LogP contribution in [0.4, 0.5) is 0 Å². The van der Waals surface area contributed by atoms with Crippen molar-refractivity contribution >= 4 is 0 Å². The molecule has 64 valence electrons. The van der Waals surface area contributed by atoms with E-state index in [0.29, 0.717) is 11.5 Å². The second kappa shape index (κ2) is 2.76. The number of hydrogen-bond donors (Lipinski definition) is 1. The molecule has 1 aliphatic heterocycles. The third kappa shape index (κ3) is 1.09. The van der Waals surface area contributed by atoms with Crippen molar-refractivity contribution in [3.8, 4) is 0 Å². The molecule has 11 heavy (non-hydrogen) atoms. The van der Waals surface area contributed by atoms with Gasteiger partial charge in [-0.2, -0.15) is 0 Å². The highest BCUT2D eigenvalue weighted by molar-refractivity contribution is 4.99. The van der Waals surface area contributed by atoms with Gasteiger partial charge in [0.25, 0.3) is 0 Å². The van der Waals surface area contributed by atoms with Crippen LogP contribution in [0.25, 0.3) is 0 Å². The number of piperidine rings is 1. The van der Waals surface area contributed by atoms with Gasteiger partial charge in [-0.15, -0.1) is 0 Å². The van der Waals surface area contributed by atoms with E-state index in [1.807, 2.05) is 7.11 Å². The lowest BCUT2D eigenvalue weighted by Gasteiger charge is -2.51. The summed E-state index contributed by atoms with van der Waals surface area (Å²) >= 11 is 0. The SMILES string of the molecule is CO[C@H]1CCC12CCNCC2. The van der Waals surface area contributed by atoms with Crippen LogP contribution in [0.2, 0.25) is 0 Å². The van der Waals surface area contributed by atoms with Crippen LogP contribution in [0.3, 0.4) is 0 Å². The Bertz CT molecular complexity index is 138. The van der Waals surface area contributed by atoms with Gasteiger partial charge in [0.1, 0.15) is 0 Å². The Balaban J connectivity index is 1.97. The summed E-state index contributed by atoms with van der Waals surface area (Å²) in [5.74, 6) is 0. The predicted molar refractivity (Wildman–Crippen MR) is 44.6 cm³/mol. The lowest BCUT2D eigenvalue weighted by Crippen LogP contribution is -2.51. The Morgan fingerprint density at radius 3 is 2.45 bits per heavy atom. The fourth-order valence-corrected chi connectivity index (χ4v) is 2.53. The molecule has 1 saturated heterocycles. The molecule has 0 aromatic carbocycles. The molecule has 2 heteroatoms.